The van der Waals surface area contributed by atoms with Gasteiger partial charge in [0, 0.05) is 0 Å². The normalized spacial score (nSPS) is 11.6. The molecule has 25 heavy (non-hydrogen) atoms. The maximum Gasteiger partial charge on any atom is 0.262 e. The van der Waals surface area contributed by atoms with Crippen LogP contribution in [0.5, 0.6) is 5.75 Å². The van der Waals surface area contributed by atoms with E-state index in [0.717, 1.165) is 12.8 Å². The zero-order chi connectivity index (χ0) is 18.1. The van der Waals surface area contributed by atoms with Gasteiger partial charge in [-0.15, -0.1) is 0 Å². The molecule has 0 saturated carbocycles. The highest BCUT2D eigenvalue weighted by atomic mass is 16.5. The molecule has 6 heteroatoms. The Kier molecular flexibility index (Phi) is 7.22. The molecule has 2 rings (SSSR count). The van der Waals surface area contributed by atoms with Crippen molar-refractivity contribution in [3.8, 4) is 5.75 Å². The molecule has 1 heterocycles. The lowest BCUT2D eigenvalue weighted by Crippen LogP contribution is -2.23. The van der Waals surface area contributed by atoms with E-state index in [0.29, 0.717) is 17.3 Å². The van der Waals surface area contributed by atoms with Crippen LogP contribution in [0.25, 0.3) is 0 Å². The first-order valence-electron chi connectivity index (χ1n) is 8.49. The topological polar surface area (TPSA) is 83.5 Å². The van der Waals surface area contributed by atoms with Crippen molar-refractivity contribution in [1.82, 2.24) is 4.98 Å². The van der Waals surface area contributed by atoms with Crippen molar-refractivity contribution in [3.05, 3.63) is 48.2 Å². The number of aromatic nitrogens is 1. The van der Waals surface area contributed by atoms with Gasteiger partial charge in [0.15, 0.2) is 6.61 Å². The first kappa shape index (κ1) is 18.7. The van der Waals surface area contributed by atoms with Crippen molar-refractivity contribution in [2.75, 3.05) is 23.8 Å². The quantitative estimate of drug-likeness (QED) is 0.652. The zero-order valence-corrected chi connectivity index (χ0v) is 14.7. The fourth-order valence-corrected chi connectivity index (χ4v) is 2.24. The minimum Gasteiger partial charge on any atom is -0.484 e. The molecule has 1 aromatic heterocycles. The molecule has 0 fully saturated rings. The third-order valence-electron chi connectivity index (χ3n) is 3.79. The fraction of sp³-hybridized carbons (Fsp3) is 0.368. The molecule has 134 valence electrons. The lowest BCUT2D eigenvalue weighted by atomic mass is 10.2. The van der Waals surface area contributed by atoms with Crippen molar-refractivity contribution in [1.29, 1.82) is 0 Å². The van der Waals surface area contributed by atoms with Gasteiger partial charge in [0.1, 0.15) is 11.6 Å². The van der Waals surface area contributed by atoms with Crippen molar-refractivity contribution >= 4 is 17.4 Å². The Morgan fingerprint density at radius 2 is 2.12 bits per heavy atom. The number of ether oxygens (including phenoxy) is 1. The van der Waals surface area contributed by atoms with Crippen LogP contribution in [0.15, 0.2) is 42.6 Å². The van der Waals surface area contributed by atoms with Gasteiger partial charge in [-0.2, -0.15) is 0 Å². The Hall–Kier alpha value is -2.60. The highest BCUT2D eigenvalue weighted by Crippen LogP contribution is 2.14. The summed E-state index contributed by atoms with van der Waals surface area (Å²) in [6.45, 7) is 4.04. The number of hydrogen-bond acceptors (Lipinski definition) is 5. The largest absolute Gasteiger partial charge is 0.484 e. The molecule has 1 aromatic carbocycles. The van der Waals surface area contributed by atoms with Gasteiger partial charge in [0.25, 0.3) is 5.91 Å². The Labute approximate surface area is 148 Å². The smallest absolute Gasteiger partial charge is 0.262 e. The third-order valence-corrected chi connectivity index (χ3v) is 3.79. The van der Waals surface area contributed by atoms with Crippen LogP contribution in [0.1, 0.15) is 25.8 Å². The number of nitrogens with one attached hydrogen (secondary N) is 2. The van der Waals surface area contributed by atoms with E-state index < -0.39 is 0 Å². The monoisotopic (exact) mass is 343 g/mol. The lowest BCUT2D eigenvalue weighted by Gasteiger charge is -2.14. The van der Waals surface area contributed by atoms with Crippen LogP contribution in [0.3, 0.4) is 0 Å². The number of nitrogens with zero attached hydrogens (tertiary/aromatic N) is 1. The summed E-state index contributed by atoms with van der Waals surface area (Å²) in [5.74, 6) is 1.10. The first-order chi connectivity index (χ1) is 12.1. The van der Waals surface area contributed by atoms with Gasteiger partial charge in [0.2, 0.25) is 0 Å². The maximum atomic E-state index is 12.0. The summed E-state index contributed by atoms with van der Waals surface area (Å²) in [5, 5.41) is 15.0. The highest BCUT2D eigenvalue weighted by molar-refractivity contribution is 5.91. The predicted octanol–water partition coefficient (Wildman–Crippen LogP) is 2.84. The molecule has 3 N–H and O–H groups in total. The molecule has 0 radical (unpaired) electrons. The van der Waals surface area contributed by atoms with E-state index in [2.05, 4.69) is 22.5 Å². The minimum absolute atomic E-state index is 0.0276. The second kappa shape index (κ2) is 9.64. The van der Waals surface area contributed by atoms with Crippen molar-refractivity contribution in [2.24, 2.45) is 0 Å². The summed E-state index contributed by atoms with van der Waals surface area (Å²) < 4.78 is 5.52. The Morgan fingerprint density at radius 3 is 2.76 bits per heavy atom. The summed E-state index contributed by atoms with van der Waals surface area (Å²) >= 11 is 0. The van der Waals surface area contributed by atoms with Crippen LogP contribution in [-0.2, 0) is 11.2 Å². The number of aliphatic hydroxyl groups is 1. The van der Waals surface area contributed by atoms with E-state index in [1.807, 2.05) is 31.2 Å². The molecule has 0 aliphatic rings. The van der Waals surface area contributed by atoms with Crippen LogP contribution in [0, 0.1) is 0 Å². The average Bonchev–Trinajstić information content (AvgIpc) is 2.66. The zero-order valence-electron chi connectivity index (χ0n) is 14.7. The average molecular weight is 343 g/mol. The Bertz CT molecular complexity index is 670. The van der Waals surface area contributed by atoms with Crippen LogP contribution in [-0.4, -0.2) is 35.3 Å². The molecule has 2 aromatic rings. The van der Waals surface area contributed by atoms with Crippen molar-refractivity contribution in [2.45, 2.75) is 32.7 Å². The van der Waals surface area contributed by atoms with Crippen LogP contribution in [0.2, 0.25) is 0 Å². The molecule has 0 aliphatic heterocycles. The standard InChI is InChI=1S/C19H25N3O3/c1-3-14-6-5-7-17(10-14)25-13-19(24)22-16-8-9-18(20-11-16)21-15(4-2)12-23/h5-11,15,23H,3-4,12-13H2,1-2H3,(H,20,21)(H,22,24). The van der Waals surface area contributed by atoms with Crippen LogP contribution >= 0.6 is 0 Å². The second-order valence-corrected chi connectivity index (χ2v) is 5.70. The molecular formula is C19H25N3O3. The summed E-state index contributed by atoms with van der Waals surface area (Å²) in [6, 6.07) is 11.2. The van der Waals surface area contributed by atoms with E-state index in [9.17, 15) is 9.90 Å². The number of aliphatic hydroxyl groups excluding tert-OH is 1. The summed E-state index contributed by atoms with van der Waals surface area (Å²) in [6.07, 6.45) is 3.29. The van der Waals surface area contributed by atoms with Gasteiger partial charge >= 0.3 is 0 Å². The van der Waals surface area contributed by atoms with E-state index in [4.69, 9.17) is 4.74 Å². The van der Waals surface area contributed by atoms with Gasteiger partial charge in [0.05, 0.1) is 24.5 Å². The predicted molar refractivity (Wildman–Crippen MR) is 99.0 cm³/mol. The molecule has 0 aliphatic carbocycles. The molecule has 1 amide bonds. The molecule has 1 unspecified atom stereocenters. The van der Waals surface area contributed by atoms with E-state index in [1.54, 1.807) is 18.3 Å². The fourth-order valence-electron chi connectivity index (χ4n) is 2.24. The summed E-state index contributed by atoms with van der Waals surface area (Å²) in [7, 11) is 0. The second-order valence-electron chi connectivity index (χ2n) is 5.70. The molecular weight excluding hydrogens is 318 g/mol. The number of hydrogen-bond donors (Lipinski definition) is 3. The Morgan fingerprint density at radius 1 is 1.28 bits per heavy atom. The molecule has 0 spiro atoms. The number of aryl methyl sites for hydroxylation is 1. The lowest BCUT2D eigenvalue weighted by molar-refractivity contribution is -0.118. The van der Waals surface area contributed by atoms with Gasteiger partial charge in [-0.25, -0.2) is 4.98 Å². The molecule has 0 saturated heterocycles. The summed E-state index contributed by atoms with van der Waals surface area (Å²) in [4.78, 5) is 16.2. The van der Waals surface area contributed by atoms with Crippen LogP contribution in [0.4, 0.5) is 11.5 Å². The summed E-state index contributed by atoms with van der Waals surface area (Å²) in [5.41, 5.74) is 1.76. The number of benzene rings is 1. The number of rotatable bonds is 9. The minimum atomic E-state index is -0.244. The van der Waals surface area contributed by atoms with Crippen LogP contribution < -0.4 is 15.4 Å². The van der Waals surface area contributed by atoms with E-state index in [-0.39, 0.29) is 25.2 Å². The van der Waals surface area contributed by atoms with Gasteiger partial charge in [-0.3, -0.25) is 4.79 Å². The van der Waals surface area contributed by atoms with Gasteiger partial charge in [-0.1, -0.05) is 26.0 Å². The van der Waals surface area contributed by atoms with Gasteiger partial charge in [-0.05, 0) is 42.7 Å². The third kappa shape index (κ3) is 6.08. The van der Waals surface area contributed by atoms with Crippen molar-refractivity contribution < 1.29 is 14.6 Å². The number of carbonyl (C=O) groups is 1. The maximum absolute atomic E-state index is 12.0. The molecule has 0 bridgehead atoms. The van der Waals surface area contributed by atoms with E-state index in [1.165, 1.54) is 5.56 Å². The number of pyridine rings is 1. The molecule has 6 nitrogen and oxygen atoms in total. The van der Waals surface area contributed by atoms with Crippen molar-refractivity contribution in [3.63, 3.8) is 0 Å². The highest BCUT2D eigenvalue weighted by Gasteiger charge is 2.07. The first-order valence-corrected chi connectivity index (χ1v) is 8.49. The van der Waals surface area contributed by atoms with E-state index >= 15 is 0 Å². The number of anilines is 2. The Balaban J connectivity index is 1.83. The SMILES string of the molecule is CCc1cccc(OCC(=O)Nc2ccc(NC(CC)CO)nc2)c1. The number of carbonyl (C=O) groups excluding carboxylic acids is 1. The molecule has 1 atom stereocenters. The number of amides is 1. The van der Waals surface area contributed by atoms with Gasteiger partial charge < -0.3 is 20.5 Å².